The molecule has 3 atom stereocenters. The molecule has 0 bridgehead atoms. The highest BCUT2D eigenvalue weighted by molar-refractivity contribution is 5.96. The van der Waals surface area contributed by atoms with Crippen molar-refractivity contribution < 1.29 is 14.3 Å². The van der Waals surface area contributed by atoms with Crippen LogP contribution in [0.4, 0.5) is 0 Å². The molecule has 4 heterocycles. The largest absolute Gasteiger partial charge is 0.351 e. The summed E-state index contributed by atoms with van der Waals surface area (Å²) in [5, 5.41) is 4.47. The van der Waals surface area contributed by atoms with Gasteiger partial charge in [-0.1, -0.05) is 37.3 Å². The van der Waals surface area contributed by atoms with E-state index in [4.69, 9.17) is 4.74 Å². The Morgan fingerprint density at radius 3 is 2.86 bits per heavy atom. The molecule has 7 heteroatoms. The second-order valence-corrected chi connectivity index (χ2v) is 8.21. The van der Waals surface area contributed by atoms with Crippen LogP contribution in [0.5, 0.6) is 0 Å². The topological polar surface area (TPSA) is 67.7 Å². The minimum atomic E-state index is -0.694. The maximum absolute atomic E-state index is 13.4. The molecule has 3 aliphatic heterocycles. The summed E-state index contributed by atoms with van der Waals surface area (Å²) in [5.74, 6) is 0.0189. The lowest BCUT2D eigenvalue weighted by Gasteiger charge is -2.33. The number of nitrogens with zero attached hydrogens (tertiary/aromatic N) is 4. The van der Waals surface area contributed by atoms with Crippen LogP contribution in [0.15, 0.2) is 36.5 Å². The minimum absolute atomic E-state index is 0.0480. The van der Waals surface area contributed by atoms with Gasteiger partial charge in [-0.3, -0.25) is 14.3 Å². The van der Waals surface area contributed by atoms with Gasteiger partial charge in [0.25, 0.3) is 5.91 Å². The molecule has 1 aromatic heterocycles. The van der Waals surface area contributed by atoms with Gasteiger partial charge in [0.15, 0.2) is 5.72 Å². The molecule has 3 aliphatic rings. The maximum atomic E-state index is 13.4. The van der Waals surface area contributed by atoms with E-state index in [0.717, 1.165) is 24.2 Å². The molecular formula is C22H26N4O3. The monoisotopic (exact) mass is 394 g/mol. The molecule has 7 nitrogen and oxygen atoms in total. The summed E-state index contributed by atoms with van der Waals surface area (Å²) in [6, 6.07) is 9.69. The average Bonchev–Trinajstić information content (AvgIpc) is 3.43. The summed E-state index contributed by atoms with van der Waals surface area (Å²) in [6.07, 6.45) is 3.77. The molecule has 0 unspecified atom stereocenters. The van der Waals surface area contributed by atoms with Gasteiger partial charge in [-0.15, -0.1) is 0 Å². The average molecular weight is 394 g/mol. The maximum Gasteiger partial charge on any atom is 0.257 e. The Morgan fingerprint density at radius 1 is 1.31 bits per heavy atom. The lowest BCUT2D eigenvalue weighted by Crippen LogP contribution is -2.49. The molecule has 3 fully saturated rings. The highest BCUT2D eigenvalue weighted by Crippen LogP contribution is 2.51. The lowest BCUT2D eigenvalue weighted by atomic mass is 10.0. The smallest absolute Gasteiger partial charge is 0.257 e. The summed E-state index contributed by atoms with van der Waals surface area (Å²) >= 11 is 0. The van der Waals surface area contributed by atoms with Crippen LogP contribution < -0.4 is 0 Å². The van der Waals surface area contributed by atoms with Crippen molar-refractivity contribution in [2.24, 2.45) is 0 Å². The Morgan fingerprint density at radius 2 is 2.10 bits per heavy atom. The molecule has 0 aliphatic carbocycles. The summed E-state index contributed by atoms with van der Waals surface area (Å²) < 4.78 is 8.14. The van der Waals surface area contributed by atoms with E-state index in [2.05, 4.69) is 12.0 Å². The highest BCUT2D eigenvalue weighted by Gasteiger charge is 2.65. The number of aromatic nitrogens is 2. The van der Waals surface area contributed by atoms with Crippen LogP contribution in [-0.4, -0.2) is 56.3 Å². The number of amides is 2. The van der Waals surface area contributed by atoms with Crippen molar-refractivity contribution in [1.29, 1.82) is 0 Å². The number of aryl methyl sites for hydroxylation is 2. The molecular weight excluding hydrogens is 368 g/mol. The van der Waals surface area contributed by atoms with E-state index in [9.17, 15) is 9.59 Å². The van der Waals surface area contributed by atoms with Gasteiger partial charge < -0.3 is 14.5 Å². The van der Waals surface area contributed by atoms with Gasteiger partial charge in [-0.2, -0.15) is 5.10 Å². The Bertz CT molecular complexity index is 956. The molecule has 2 aromatic rings. The predicted molar refractivity (Wildman–Crippen MR) is 106 cm³/mol. The summed E-state index contributed by atoms with van der Waals surface area (Å²) in [7, 11) is 0. The van der Waals surface area contributed by atoms with Gasteiger partial charge in [0, 0.05) is 25.7 Å². The molecule has 3 saturated heterocycles. The fourth-order valence-corrected chi connectivity index (χ4v) is 5.24. The van der Waals surface area contributed by atoms with Crippen molar-refractivity contribution in [2.75, 3.05) is 13.2 Å². The van der Waals surface area contributed by atoms with E-state index < -0.39 is 5.72 Å². The van der Waals surface area contributed by atoms with Gasteiger partial charge in [0.1, 0.15) is 0 Å². The molecule has 29 heavy (non-hydrogen) atoms. The van der Waals surface area contributed by atoms with E-state index in [1.54, 1.807) is 0 Å². The van der Waals surface area contributed by atoms with E-state index in [1.165, 1.54) is 0 Å². The van der Waals surface area contributed by atoms with Crippen LogP contribution in [0.2, 0.25) is 0 Å². The first-order chi connectivity index (χ1) is 14.0. The predicted octanol–water partition coefficient (Wildman–Crippen LogP) is 2.52. The van der Waals surface area contributed by atoms with Crippen LogP contribution in [0.1, 0.15) is 53.8 Å². The molecule has 0 saturated carbocycles. The third-order valence-corrected chi connectivity index (χ3v) is 6.53. The normalized spacial score (nSPS) is 28.1. The lowest BCUT2D eigenvalue weighted by molar-refractivity contribution is -0.138. The van der Waals surface area contributed by atoms with Crippen LogP contribution in [0.25, 0.3) is 0 Å². The van der Waals surface area contributed by atoms with E-state index in [-0.39, 0.29) is 23.9 Å². The van der Waals surface area contributed by atoms with Gasteiger partial charge in [0.05, 0.1) is 36.4 Å². The van der Waals surface area contributed by atoms with Crippen LogP contribution >= 0.6 is 0 Å². The Hall–Kier alpha value is -2.67. The summed E-state index contributed by atoms with van der Waals surface area (Å²) in [5.41, 5.74) is 1.75. The van der Waals surface area contributed by atoms with Crippen LogP contribution in [-0.2, 0) is 16.1 Å². The third-order valence-electron chi connectivity index (χ3n) is 6.53. The zero-order valence-corrected chi connectivity index (χ0v) is 16.9. The fourth-order valence-electron chi connectivity index (χ4n) is 5.24. The van der Waals surface area contributed by atoms with E-state index in [1.807, 2.05) is 57.9 Å². The van der Waals surface area contributed by atoms with Crippen LogP contribution in [0, 0.1) is 6.92 Å². The Labute approximate surface area is 170 Å². The molecule has 0 radical (unpaired) electrons. The highest BCUT2D eigenvalue weighted by atomic mass is 16.5. The zero-order chi connectivity index (χ0) is 20.2. The number of hydrogen-bond donors (Lipinski definition) is 0. The van der Waals surface area contributed by atoms with Crippen LogP contribution in [0.3, 0.4) is 0 Å². The third kappa shape index (κ3) is 2.64. The van der Waals surface area contributed by atoms with Crippen molar-refractivity contribution in [1.82, 2.24) is 19.6 Å². The second kappa shape index (κ2) is 6.69. The second-order valence-electron chi connectivity index (χ2n) is 8.21. The standard InChI is InChI=1S/C22H26N4O3/c1-3-10-24-13-17(15(2)23-24)21(28)25-11-9-22-19(25)12-20(27)26(22)18(14-29-22)16-7-5-4-6-8-16/h4-8,13,18-19H,3,9-12,14H2,1-2H3/t18-,19+,22-/m0/s1. The van der Waals surface area contributed by atoms with Crippen molar-refractivity contribution in [3.63, 3.8) is 0 Å². The van der Waals surface area contributed by atoms with Gasteiger partial charge >= 0.3 is 0 Å². The minimum Gasteiger partial charge on any atom is -0.351 e. The molecule has 0 N–H and O–H groups in total. The number of carbonyl (C=O) groups excluding carboxylic acids is 2. The first-order valence-electron chi connectivity index (χ1n) is 10.4. The van der Waals surface area contributed by atoms with Gasteiger partial charge in [0.2, 0.25) is 5.91 Å². The number of benzene rings is 1. The zero-order valence-electron chi connectivity index (χ0n) is 16.9. The molecule has 5 rings (SSSR count). The molecule has 1 spiro atoms. The number of likely N-dealkylation sites (tertiary alicyclic amines) is 1. The SMILES string of the molecule is CCCn1cc(C(=O)N2CC[C@@]34OC[C@@H](c5ccccc5)N3C(=O)C[C@@H]24)c(C)n1. The summed E-state index contributed by atoms with van der Waals surface area (Å²) in [6.45, 7) is 5.81. The van der Waals surface area contributed by atoms with Crippen molar-refractivity contribution in [3.05, 3.63) is 53.3 Å². The van der Waals surface area contributed by atoms with Crippen molar-refractivity contribution in [2.45, 2.75) is 57.5 Å². The first-order valence-corrected chi connectivity index (χ1v) is 10.4. The molecule has 152 valence electrons. The first kappa shape index (κ1) is 18.4. The van der Waals surface area contributed by atoms with Crippen molar-refractivity contribution >= 4 is 11.8 Å². The number of rotatable bonds is 4. The Balaban J connectivity index is 1.43. The van der Waals surface area contributed by atoms with E-state index in [0.29, 0.717) is 31.6 Å². The Kier molecular flexibility index (Phi) is 4.24. The van der Waals surface area contributed by atoms with Gasteiger partial charge in [-0.05, 0) is 18.9 Å². The van der Waals surface area contributed by atoms with Gasteiger partial charge in [-0.25, -0.2) is 0 Å². The molecule has 2 amide bonds. The fraction of sp³-hybridized carbons (Fsp3) is 0.500. The number of carbonyl (C=O) groups is 2. The number of ether oxygens (including phenoxy) is 1. The number of hydrogen-bond acceptors (Lipinski definition) is 4. The van der Waals surface area contributed by atoms with Crippen molar-refractivity contribution in [3.8, 4) is 0 Å². The molecule has 1 aromatic carbocycles. The quantitative estimate of drug-likeness (QED) is 0.799. The summed E-state index contributed by atoms with van der Waals surface area (Å²) in [4.78, 5) is 30.1. The van der Waals surface area contributed by atoms with E-state index >= 15 is 0 Å².